The summed E-state index contributed by atoms with van der Waals surface area (Å²) in [4.78, 5) is 30.7. The first kappa shape index (κ1) is 20.9. The van der Waals surface area contributed by atoms with Crippen molar-refractivity contribution < 1.29 is 14.1 Å². The van der Waals surface area contributed by atoms with Crippen molar-refractivity contribution in [1.82, 2.24) is 15.0 Å². The maximum atomic E-state index is 12.4. The van der Waals surface area contributed by atoms with Crippen LogP contribution in [0, 0.1) is 6.92 Å². The van der Waals surface area contributed by atoms with Crippen LogP contribution in [0.2, 0.25) is 0 Å². The molecule has 31 heavy (non-hydrogen) atoms. The number of nitrogens with zero attached hydrogens (tertiary/aromatic N) is 3. The van der Waals surface area contributed by atoms with Crippen molar-refractivity contribution in [2.75, 3.05) is 25.0 Å². The maximum Gasteiger partial charge on any atom is 0.238 e. The average molecular weight is 418 g/mol. The molecule has 0 bridgehead atoms. The highest BCUT2D eigenvalue weighted by Gasteiger charge is 2.26. The van der Waals surface area contributed by atoms with E-state index in [0.29, 0.717) is 29.5 Å². The molecule has 1 aromatic heterocycles. The summed E-state index contributed by atoms with van der Waals surface area (Å²) in [6.07, 6.45) is 1.73. The number of nitrogens with one attached hydrogen (secondary N) is 1. The summed E-state index contributed by atoms with van der Waals surface area (Å²) in [5, 5.41) is 7.03. The van der Waals surface area contributed by atoms with Crippen molar-refractivity contribution >= 4 is 17.4 Å². The molecule has 0 unspecified atom stereocenters. The lowest BCUT2D eigenvalue weighted by atomic mass is 9.97. The zero-order valence-corrected chi connectivity index (χ0v) is 17.8. The number of aryl methyl sites for hydroxylation is 1. The number of rotatable bonds is 6. The Bertz CT molecular complexity index is 1080. The fraction of sp³-hybridized carbons (Fsp3) is 0.333. The molecule has 0 aliphatic carbocycles. The molecular formula is C24H26N4O3. The predicted octanol–water partition coefficient (Wildman–Crippen LogP) is 4.07. The second-order valence-corrected chi connectivity index (χ2v) is 8.06. The number of Topliss-reactive ketones (excluding diaryl/α,β-unsaturated/α-hetero) is 1. The van der Waals surface area contributed by atoms with Crippen molar-refractivity contribution in [3.63, 3.8) is 0 Å². The normalized spacial score (nSPS) is 15.0. The summed E-state index contributed by atoms with van der Waals surface area (Å²) in [6, 6.07) is 15.1. The molecule has 1 aliphatic rings. The van der Waals surface area contributed by atoms with E-state index < -0.39 is 0 Å². The molecular weight excluding hydrogens is 392 g/mol. The summed E-state index contributed by atoms with van der Waals surface area (Å²) in [7, 11) is 0. The molecule has 1 fully saturated rings. The van der Waals surface area contributed by atoms with Crippen LogP contribution < -0.4 is 5.32 Å². The van der Waals surface area contributed by atoms with E-state index in [1.54, 1.807) is 24.3 Å². The van der Waals surface area contributed by atoms with Gasteiger partial charge < -0.3 is 9.84 Å². The van der Waals surface area contributed by atoms with Crippen molar-refractivity contribution in [3.8, 4) is 11.4 Å². The van der Waals surface area contributed by atoms with Crippen molar-refractivity contribution in [2.45, 2.75) is 32.6 Å². The van der Waals surface area contributed by atoms with Gasteiger partial charge in [0.1, 0.15) is 0 Å². The van der Waals surface area contributed by atoms with Crippen LogP contribution in [0.25, 0.3) is 11.4 Å². The van der Waals surface area contributed by atoms with Crippen LogP contribution in [0.3, 0.4) is 0 Å². The summed E-state index contributed by atoms with van der Waals surface area (Å²) in [5.41, 5.74) is 3.34. The molecule has 7 nitrogen and oxygen atoms in total. The van der Waals surface area contributed by atoms with Gasteiger partial charge in [-0.05, 0) is 58.0 Å². The molecule has 3 aromatic rings. The fourth-order valence-electron chi connectivity index (χ4n) is 3.86. The van der Waals surface area contributed by atoms with Crippen molar-refractivity contribution in [2.24, 2.45) is 0 Å². The van der Waals surface area contributed by atoms with E-state index in [0.717, 1.165) is 37.1 Å². The van der Waals surface area contributed by atoms with Gasteiger partial charge in [-0.2, -0.15) is 4.98 Å². The number of anilines is 1. The molecule has 0 radical (unpaired) electrons. The highest BCUT2D eigenvalue weighted by atomic mass is 16.5. The maximum absolute atomic E-state index is 12.4. The fourth-order valence-corrected chi connectivity index (χ4v) is 3.86. The number of amides is 1. The van der Waals surface area contributed by atoms with E-state index >= 15 is 0 Å². The largest absolute Gasteiger partial charge is 0.339 e. The Morgan fingerprint density at radius 1 is 1.13 bits per heavy atom. The minimum Gasteiger partial charge on any atom is -0.339 e. The summed E-state index contributed by atoms with van der Waals surface area (Å²) >= 11 is 0. The lowest BCUT2D eigenvalue weighted by Gasteiger charge is -2.29. The molecule has 0 atom stereocenters. The number of piperidine rings is 1. The van der Waals surface area contributed by atoms with E-state index in [-0.39, 0.29) is 17.6 Å². The van der Waals surface area contributed by atoms with E-state index in [9.17, 15) is 9.59 Å². The Balaban J connectivity index is 1.29. The van der Waals surface area contributed by atoms with Crippen LogP contribution in [0.15, 0.2) is 53.1 Å². The van der Waals surface area contributed by atoms with Crippen LogP contribution in [-0.2, 0) is 4.79 Å². The summed E-state index contributed by atoms with van der Waals surface area (Å²) < 4.78 is 5.54. The molecule has 0 spiro atoms. The zero-order chi connectivity index (χ0) is 21.8. The lowest BCUT2D eigenvalue weighted by molar-refractivity contribution is -0.117. The second-order valence-electron chi connectivity index (χ2n) is 8.06. The first-order valence-corrected chi connectivity index (χ1v) is 10.5. The SMILES string of the molecule is CC(=O)c1cccc(NC(=O)CN2CCC(c3nc(-c4cccc(C)c4)no3)CC2)c1. The smallest absolute Gasteiger partial charge is 0.238 e. The Kier molecular flexibility index (Phi) is 6.23. The Hall–Kier alpha value is -3.32. The molecule has 1 N–H and O–H groups in total. The van der Waals surface area contributed by atoms with E-state index in [1.807, 2.05) is 31.2 Å². The Labute approximate surface area is 181 Å². The standard InChI is InChI=1S/C24H26N4O3/c1-16-5-3-7-20(13-16)23-26-24(31-27-23)18-9-11-28(12-10-18)15-22(30)25-21-8-4-6-19(14-21)17(2)29/h3-8,13-14,18H,9-12,15H2,1-2H3,(H,25,30). The topological polar surface area (TPSA) is 88.3 Å². The predicted molar refractivity (Wildman–Crippen MR) is 118 cm³/mol. The minimum atomic E-state index is -0.0846. The third-order valence-corrected chi connectivity index (χ3v) is 5.57. The summed E-state index contributed by atoms with van der Waals surface area (Å²) in [6.45, 7) is 5.44. The van der Waals surface area contributed by atoms with Crippen LogP contribution in [-0.4, -0.2) is 46.4 Å². The molecule has 160 valence electrons. The third-order valence-electron chi connectivity index (χ3n) is 5.57. The van der Waals surface area contributed by atoms with Crippen LogP contribution in [0.4, 0.5) is 5.69 Å². The van der Waals surface area contributed by atoms with Gasteiger partial charge >= 0.3 is 0 Å². The van der Waals surface area contributed by atoms with E-state index in [4.69, 9.17) is 4.52 Å². The van der Waals surface area contributed by atoms with Crippen LogP contribution in [0.1, 0.15) is 47.5 Å². The number of aromatic nitrogens is 2. The molecule has 2 aromatic carbocycles. The first-order valence-electron chi connectivity index (χ1n) is 10.5. The van der Waals surface area contributed by atoms with Gasteiger partial charge in [0.2, 0.25) is 17.6 Å². The number of hydrogen-bond acceptors (Lipinski definition) is 6. The van der Waals surface area contributed by atoms with E-state index in [2.05, 4.69) is 20.4 Å². The quantitative estimate of drug-likeness (QED) is 0.607. The summed E-state index contributed by atoms with van der Waals surface area (Å²) in [5.74, 6) is 1.39. The number of ketones is 1. The van der Waals surface area contributed by atoms with Crippen molar-refractivity contribution in [3.05, 3.63) is 65.5 Å². The van der Waals surface area contributed by atoms with Gasteiger partial charge in [-0.1, -0.05) is 41.1 Å². The monoisotopic (exact) mass is 418 g/mol. The van der Waals surface area contributed by atoms with Gasteiger partial charge in [0.05, 0.1) is 6.54 Å². The Morgan fingerprint density at radius 2 is 1.90 bits per heavy atom. The molecule has 1 saturated heterocycles. The minimum absolute atomic E-state index is 0.0234. The average Bonchev–Trinajstić information content (AvgIpc) is 3.25. The number of carbonyl (C=O) groups is 2. The number of carbonyl (C=O) groups excluding carboxylic acids is 2. The van der Waals surface area contributed by atoms with Crippen LogP contribution >= 0.6 is 0 Å². The molecule has 0 saturated carbocycles. The van der Waals surface area contributed by atoms with Gasteiger partial charge in [0, 0.05) is 22.7 Å². The third kappa shape index (κ3) is 5.24. The molecule has 2 heterocycles. The highest BCUT2D eigenvalue weighted by molar-refractivity contribution is 5.97. The van der Waals surface area contributed by atoms with E-state index in [1.165, 1.54) is 6.92 Å². The molecule has 1 aliphatic heterocycles. The van der Waals surface area contributed by atoms with Gasteiger partial charge in [0.15, 0.2) is 5.78 Å². The Morgan fingerprint density at radius 3 is 2.65 bits per heavy atom. The molecule has 1 amide bonds. The van der Waals surface area contributed by atoms with Gasteiger partial charge in [-0.25, -0.2) is 0 Å². The number of hydrogen-bond donors (Lipinski definition) is 1. The number of likely N-dealkylation sites (tertiary alicyclic amines) is 1. The van der Waals surface area contributed by atoms with Gasteiger partial charge in [-0.15, -0.1) is 0 Å². The van der Waals surface area contributed by atoms with Crippen LogP contribution in [0.5, 0.6) is 0 Å². The highest BCUT2D eigenvalue weighted by Crippen LogP contribution is 2.28. The second kappa shape index (κ2) is 9.22. The zero-order valence-electron chi connectivity index (χ0n) is 17.8. The van der Waals surface area contributed by atoms with Crippen molar-refractivity contribution in [1.29, 1.82) is 0 Å². The first-order chi connectivity index (χ1) is 15.0. The van der Waals surface area contributed by atoms with Gasteiger partial charge in [0.25, 0.3) is 0 Å². The lowest BCUT2D eigenvalue weighted by Crippen LogP contribution is -2.38. The molecule has 4 rings (SSSR count). The van der Waals surface area contributed by atoms with Gasteiger partial charge in [-0.3, -0.25) is 14.5 Å². The molecule has 7 heteroatoms. The number of benzene rings is 2.